The Morgan fingerprint density at radius 3 is 2.59 bits per heavy atom. The molecule has 0 radical (unpaired) electrons. The van der Waals surface area contributed by atoms with Gasteiger partial charge in [0, 0.05) is 19.7 Å². The van der Waals surface area contributed by atoms with Gasteiger partial charge < -0.3 is 19.9 Å². The topological polar surface area (TPSA) is 84.6 Å². The fourth-order valence-electron chi connectivity index (χ4n) is 2.58. The van der Waals surface area contributed by atoms with E-state index in [0.29, 0.717) is 24.9 Å². The fraction of sp³-hybridized carbons (Fsp3) is 0.842. The molecule has 7 nitrogen and oxygen atoms in total. The molecule has 0 saturated carbocycles. The molecule has 0 aliphatic heterocycles. The minimum Gasteiger partial charge on any atom is -0.371 e. The second-order valence-corrected chi connectivity index (χ2v) is 7.31. The van der Waals surface area contributed by atoms with Gasteiger partial charge in [0.05, 0.1) is 0 Å². The predicted octanol–water partition coefficient (Wildman–Crippen LogP) is 4.45. The molecule has 1 heterocycles. The number of rotatable bonds is 12. The molecule has 0 saturated heterocycles. The van der Waals surface area contributed by atoms with Crippen molar-refractivity contribution in [2.24, 2.45) is 10.4 Å². The summed E-state index contributed by atoms with van der Waals surface area (Å²) in [5, 5.41) is 10.7. The van der Waals surface area contributed by atoms with Gasteiger partial charge in [0.15, 0.2) is 11.8 Å². The van der Waals surface area contributed by atoms with Gasteiger partial charge in [-0.25, -0.2) is 4.99 Å². The molecular formula is C19H38IN5O2. The Morgan fingerprint density at radius 1 is 1.22 bits per heavy atom. The zero-order valence-electron chi connectivity index (χ0n) is 17.8. The fourth-order valence-corrected chi connectivity index (χ4v) is 2.58. The van der Waals surface area contributed by atoms with Crippen LogP contribution in [-0.4, -0.2) is 35.8 Å². The number of ether oxygens (including phenoxy) is 1. The van der Waals surface area contributed by atoms with Crippen molar-refractivity contribution in [2.75, 3.05) is 19.7 Å². The van der Waals surface area contributed by atoms with Gasteiger partial charge >= 0.3 is 0 Å². The standard InChI is InChI=1S/C19H37N5O2.HI/c1-7-10-11-12-19(5,6)14-22-18(20-8-2)21-13-16-23-17(24-26-16)15(4)25-9-3;/h15H,7-14H2,1-6H3,(H2,20,21,22);1H. The maximum Gasteiger partial charge on any atom is 0.248 e. The van der Waals surface area contributed by atoms with E-state index in [1.165, 1.54) is 25.7 Å². The van der Waals surface area contributed by atoms with Crippen LogP contribution in [0.2, 0.25) is 0 Å². The summed E-state index contributed by atoms with van der Waals surface area (Å²) in [6, 6.07) is 0. The highest BCUT2D eigenvalue weighted by Crippen LogP contribution is 2.22. The van der Waals surface area contributed by atoms with Gasteiger partial charge in [0.1, 0.15) is 12.6 Å². The molecule has 0 bridgehead atoms. The van der Waals surface area contributed by atoms with Crippen molar-refractivity contribution in [3.8, 4) is 0 Å². The Morgan fingerprint density at radius 2 is 1.96 bits per heavy atom. The first-order valence-electron chi connectivity index (χ1n) is 9.88. The highest BCUT2D eigenvalue weighted by Gasteiger charge is 2.18. The molecule has 8 heteroatoms. The van der Waals surface area contributed by atoms with Gasteiger partial charge in [0.2, 0.25) is 5.89 Å². The summed E-state index contributed by atoms with van der Waals surface area (Å²) in [5.74, 6) is 1.83. The van der Waals surface area contributed by atoms with Gasteiger partial charge in [-0.15, -0.1) is 24.0 Å². The van der Waals surface area contributed by atoms with E-state index >= 15 is 0 Å². The molecular weight excluding hydrogens is 457 g/mol. The SMILES string of the molecule is CCCCCC(C)(C)CNC(=NCc1nc(C(C)OCC)no1)NCC.I. The van der Waals surface area contributed by atoms with Crippen LogP contribution in [0.3, 0.4) is 0 Å². The lowest BCUT2D eigenvalue weighted by molar-refractivity contribution is 0.0683. The van der Waals surface area contributed by atoms with E-state index in [-0.39, 0.29) is 35.5 Å². The van der Waals surface area contributed by atoms with Crippen LogP contribution in [0.25, 0.3) is 0 Å². The van der Waals surface area contributed by atoms with E-state index in [1.807, 2.05) is 13.8 Å². The van der Waals surface area contributed by atoms with E-state index in [9.17, 15) is 0 Å². The van der Waals surface area contributed by atoms with Crippen LogP contribution in [0.1, 0.15) is 85.0 Å². The van der Waals surface area contributed by atoms with E-state index in [1.54, 1.807) is 0 Å². The lowest BCUT2D eigenvalue weighted by Gasteiger charge is -2.26. The van der Waals surface area contributed by atoms with Gasteiger partial charge in [-0.1, -0.05) is 45.2 Å². The first kappa shape index (κ1) is 26.1. The van der Waals surface area contributed by atoms with Gasteiger partial charge in [-0.3, -0.25) is 0 Å². The highest BCUT2D eigenvalue weighted by atomic mass is 127. The molecule has 1 atom stereocenters. The predicted molar refractivity (Wildman–Crippen MR) is 120 cm³/mol. The number of nitrogens with zero attached hydrogens (tertiary/aromatic N) is 3. The average Bonchev–Trinajstić information content (AvgIpc) is 3.07. The zero-order valence-corrected chi connectivity index (χ0v) is 20.1. The minimum atomic E-state index is -0.170. The third kappa shape index (κ3) is 10.9. The third-order valence-electron chi connectivity index (χ3n) is 4.17. The molecule has 2 N–H and O–H groups in total. The highest BCUT2D eigenvalue weighted by molar-refractivity contribution is 14.0. The number of halogens is 1. The molecule has 0 amide bonds. The van der Waals surface area contributed by atoms with Gasteiger partial charge in [0.25, 0.3) is 0 Å². The van der Waals surface area contributed by atoms with Crippen LogP contribution >= 0.6 is 24.0 Å². The number of aromatic nitrogens is 2. The molecule has 1 aromatic heterocycles. The van der Waals surface area contributed by atoms with Crippen LogP contribution in [0.4, 0.5) is 0 Å². The molecule has 1 aromatic rings. The Kier molecular flexibility index (Phi) is 13.7. The smallest absolute Gasteiger partial charge is 0.248 e. The van der Waals surface area contributed by atoms with Crippen molar-refractivity contribution in [3.63, 3.8) is 0 Å². The second kappa shape index (κ2) is 14.1. The number of hydrogen-bond donors (Lipinski definition) is 2. The number of nitrogens with one attached hydrogen (secondary N) is 2. The summed E-state index contributed by atoms with van der Waals surface area (Å²) >= 11 is 0. The molecule has 0 aliphatic rings. The van der Waals surface area contributed by atoms with Crippen molar-refractivity contribution in [3.05, 3.63) is 11.7 Å². The molecule has 27 heavy (non-hydrogen) atoms. The Bertz CT molecular complexity index is 534. The van der Waals surface area contributed by atoms with Gasteiger partial charge in [-0.2, -0.15) is 4.98 Å². The van der Waals surface area contributed by atoms with Crippen LogP contribution in [0.15, 0.2) is 9.52 Å². The van der Waals surface area contributed by atoms with E-state index in [2.05, 4.69) is 53.5 Å². The average molecular weight is 495 g/mol. The first-order valence-corrected chi connectivity index (χ1v) is 9.88. The largest absolute Gasteiger partial charge is 0.371 e. The quantitative estimate of drug-likeness (QED) is 0.193. The maximum absolute atomic E-state index is 5.48. The van der Waals surface area contributed by atoms with Crippen LogP contribution in [0, 0.1) is 5.41 Å². The molecule has 0 fully saturated rings. The maximum atomic E-state index is 5.48. The number of hydrogen-bond acceptors (Lipinski definition) is 5. The van der Waals surface area contributed by atoms with Crippen LogP contribution in [0.5, 0.6) is 0 Å². The Balaban J connectivity index is 0.00000676. The van der Waals surface area contributed by atoms with Crippen molar-refractivity contribution in [1.29, 1.82) is 0 Å². The summed E-state index contributed by atoms with van der Waals surface area (Å²) in [5.41, 5.74) is 0.232. The van der Waals surface area contributed by atoms with Crippen molar-refractivity contribution in [1.82, 2.24) is 20.8 Å². The van der Waals surface area contributed by atoms with E-state index in [0.717, 1.165) is 19.0 Å². The van der Waals surface area contributed by atoms with Crippen molar-refractivity contribution in [2.45, 2.75) is 79.9 Å². The molecule has 0 spiro atoms. The molecule has 0 aromatic carbocycles. The summed E-state index contributed by atoms with van der Waals surface area (Å²) in [7, 11) is 0. The lowest BCUT2D eigenvalue weighted by Crippen LogP contribution is -2.42. The zero-order chi connectivity index (χ0) is 19.4. The second-order valence-electron chi connectivity index (χ2n) is 7.31. The van der Waals surface area contributed by atoms with E-state index < -0.39 is 0 Å². The molecule has 158 valence electrons. The summed E-state index contributed by atoms with van der Waals surface area (Å²) in [6.07, 6.45) is 4.84. The molecule has 0 aliphatic carbocycles. The molecule has 1 rings (SSSR count). The summed E-state index contributed by atoms with van der Waals surface area (Å²) in [6.45, 7) is 15.4. The first-order chi connectivity index (χ1) is 12.4. The Labute approximate surface area is 181 Å². The molecule has 1 unspecified atom stereocenters. The number of guanidine groups is 1. The van der Waals surface area contributed by atoms with Crippen molar-refractivity contribution >= 4 is 29.9 Å². The number of aliphatic imine (C=N–C) groups is 1. The minimum absolute atomic E-state index is 0. The van der Waals surface area contributed by atoms with Crippen molar-refractivity contribution < 1.29 is 9.26 Å². The van der Waals surface area contributed by atoms with E-state index in [4.69, 9.17) is 9.26 Å². The normalized spacial score (nSPS) is 13.2. The monoisotopic (exact) mass is 495 g/mol. The Hall–Kier alpha value is -0.900. The van der Waals surface area contributed by atoms with Crippen LogP contribution < -0.4 is 10.6 Å². The number of unbranched alkanes of at least 4 members (excludes halogenated alkanes) is 2. The summed E-state index contributed by atoms with van der Waals surface area (Å²) < 4.78 is 10.7. The lowest BCUT2D eigenvalue weighted by atomic mass is 9.87. The summed E-state index contributed by atoms with van der Waals surface area (Å²) in [4.78, 5) is 8.91. The third-order valence-corrected chi connectivity index (χ3v) is 4.17. The van der Waals surface area contributed by atoms with Gasteiger partial charge in [-0.05, 0) is 32.6 Å². The van der Waals surface area contributed by atoms with Crippen LogP contribution in [-0.2, 0) is 11.3 Å².